The van der Waals surface area contributed by atoms with E-state index in [9.17, 15) is 4.79 Å². The van der Waals surface area contributed by atoms with Gasteiger partial charge in [-0.15, -0.1) is 0 Å². The zero-order valence-corrected chi connectivity index (χ0v) is 14.4. The Morgan fingerprint density at radius 3 is 2.93 bits per heavy atom. The first kappa shape index (κ1) is 16.6. The third-order valence-electron chi connectivity index (χ3n) is 4.13. The summed E-state index contributed by atoms with van der Waals surface area (Å²) in [7, 11) is 1.61. The van der Waals surface area contributed by atoms with Crippen molar-refractivity contribution in [1.82, 2.24) is 24.7 Å². The van der Waals surface area contributed by atoms with Gasteiger partial charge in [0.2, 0.25) is 0 Å². The SMILES string of the molecule is COc1ccc2nc(-c3cc(-c4cnn(CC(=O)O)c4)cnc3N)[nH]c2c1. The van der Waals surface area contributed by atoms with E-state index in [1.807, 2.05) is 24.3 Å². The molecule has 9 heteroatoms. The van der Waals surface area contributed by atoms with Crippen molar-refractivity contribution in [3.8, 4) is 28.3 Å². The van der Waals surface area contributed by atoms with Gasteiger partial charge in [0.05, 0.1) is 29.9 Å². The van der Waals surface area contributed by atoms with Gasteiger partial charge in [0.25, 0.3) is 0 Å². The number of pyridine rings is 1. The molecule has 0 amide bonds. The van der Waals surface area contributed by atoms with E-state index >= 15 is 0 Å². The highest BCUT2D eigenvalue weighted by atomic mass is 16.5. The van der Waals surface area contributed by atoms with Crippen molar-refractivity contribution in [3.63, 3.8) is 0 Å². The topological polar surface area (TPSA) is 132 Å². The zero-order valence-electron chi connectivity index (χ0n) is 14.4. The number of carboxylic acids is 1. The molecule has 4 N–H and O–H groups in total. The predicted molar refractivity (Wildman–Crippen MR) is 99.1 cm³/mol. The number of fused-ring (bicyclic) bond motifs is 1. The van der Waals surface area contributed by atoms with Gasteiger partial charge in [-0.25, -0.2) is 9.97 Å². The molecule has 4 aromatic rings. The van der Waals surface area contributed by atoms with Gasteiger partial charge in [0, 0.05) is 29.6 Å². The number of methoxy groups -OCH3 is 1. The summed E-state index contributed by atoms with van der Waals surface area (Å²) < 4.78 is 6.58. The third kappa shape index (κ3) is 3.17. The van der Waals surface area contributed by atoms with Crippen LogP contribution in [0, 0.1) is 0 Å². The number of aromatic amines is 1. The van der Waals surface area contributed by atoms with Crippen molar-refractivity contribution in [2.75, 3.05) is 12.8 Å². The number of H-pyrrole nitrogens is 1. The Hall–Kier alpha value is -3.88. The molecule has 9 nitrogen and oxygen atoms in total. The van der Waals surface area contributed by atoms with Crippen molar-refractivity contribution < 1.29 is 14.6 Å². The number of hydrogen-bond acceptors (Lipinski definition) is 6. The number of aromatic nitrogens is 5. The van der Waals surface area contributed by atoms with Crippen LogP contribution in [0.3, 0.4) is 0 Å². The van der Waals surface area contributed by atoms with Crippen molar-refractivity contribution >= 4 is 22.8 Å². The lowest BCUT2D eigenvalue weighted by molar-refractivity contribution is -0.137. The van der Waals surface area contributed by atoms with Gasteiger partial charge in [-0.3, -0.25) is 9.48 Å². The fourth-order valence-corrected chi connectivity index (χ4v) is 2.80. The maximum Gasteiger partial charge on any atom is 0.325 e. The number of nitrogens with two attached hydrogens (primary N) is 1. The molecule has 0 spiro atoms. The molecule has 0 saturated carbocycles. The summed E-state index contributed by atoms with van der Waals surface area (Å²) in [5.74, 6) is 0.688. The molecule has 136 valence electrons. The second-order valence-corrected chi connectivity index (χ2v) is 5.95. The fraction of sp³-hybridized carbons (Fsp3) is 0.111. The number of imidazole rings is 1. The van der Waals surface area contributed by atoms with Crippen molar-refractivity contribution in [3.05, 3.63) is 42.9 Å². The molecule has 0 saturated heterocycles. The normalized spacial score (nSPS) is 11.0. The second-order valence-electron chi connectivity index (χ2n) is 5.95. The highest BCUT2D eigenvalue weighted by molar-refractivity contribution is 5.84. The number of aliphatic carboxylic acids is 1. The van der Waals surface area contributed by atoms with E-state index in [1.54, 1.807) is 25.7 Å². The summed E-state index contributed by atoms with van der Waals surface area (Å²) in [6.07, 6.45) is 4.85. The summed E-state index contributed by atoms with van der Waals surface area (Å²) in [5, 5.41) is 12.9. The Balaban J connectivity index is 1.74. The van der Waals surface area contributed by atoms with Gasteiger partial charge in [0.15, 0.2) is 0 Å². The van der Waals surface area contributed by atoms with E-state index in [-0.39, 0.29) is 6.54 Å². The van der Waals surface area contributed by atoms with Gasteiger partial charge >= 0.3 is 5.97 Å². The van der Waals surface area contributed by atoms with Gasteiger partial charge in [0.1, 0.15) is 23.9 Å². The first-order valence-corrected chi connectivity index (χ1v) is 8.08. The molecule has 0 atom stereocenters. The Morgan fingerprint density at radius 2 is 2.15 bits per heavy atom. The van der Waals surface area contributed by atoms with Crippen LogP contribution in [0.4, 0.5) is 5.82 Å². The molecular formula is C18H16N6O3. The van der Waals surface area contributed by atoms with Crippen molar-refractivity contribution in [2.45, 2.75) is 6.54 Å². The molecular weight excluding hydrogens is 348 g/mol. The van der Waals surface area contributed by atoms with Crippen LogP contribution >= 0.6 is 0 Å². The summed E-state index contributed by atoms with van der Waals surface area (Å²) in [4.78, 5) is 22.9. The maximum absolute atomic E-state index is 10.8. The summed E-state index contributed by atoms with van der Waals surface area (Å²) >= 11 is 0. The first-order chi connectivity index (χ1) is 13.0. The molecule has 0 fully saturated rings. The number of carboxylic acid groups (broad SMARTS) is 1. The van der Waals surface area contributed by atoms with Crippen LogP contribution in [0.5, 0.6) is 5.75 Å². The summed E-state index contributed by atoms with van der Waals surface area (Å²) in [5.41, 5.74) is 9.80. The molecule has 0 aliphatic rings. The molecule has 0 aliphatic carbocycles. The van der Waals surface area contributed by atoms with Crippen LogP contribution in [0.2, 0.25) is 0 Å². The van der Waals surface area contributed by atoms with Gasteiger partial charge in [-0.2, -0.15) is 5.10 Å². The maximum atomic E-state index is 10.8. The standard InChI is InChI=1S/C18H16N6O3/c1-27-12-2-3-14-15(5-12)23-18(22-14)13-4-10(6-20-17(13)19)11-7-21-24(8-11)9-16(25)26/h2-8H,9H2,1H3,(H2,19,20)(H,22,23)(H,25,26). The molecule has 0 radical (unpaired) electrons. The van der Waals surface area contributed by atoms with E-state index in [2.05, 4.69) is 20.1 Å². The molecule has 3 heterocycles. The second kappa shape index (κ2) is 6.45. The average Bonchev–Trinajstić information content (AvgIpc) is 3.27. The zero-order chi connectivity index (χ0) is 19.0. The Kier molecular flexibility index (Phi) is 3.96. The smallest absolute Gasteiger partial charge is 0.325 e. The van der Waals surface area contributed by atoms with E-state index < -0.39 is 5.97 Å². The number of rotatable bonds is 5. The van der Waals surface area contributed by atoms with Crippen molar-refractivity contribution in [1.29, 1.82) is 0 Å². The minimum atomic E-state index is -0.960. The number of hydrogen-bond donors (Lipinski definition) is 3. The lowest BCUT2D eigenvalue weighted by Gasteiger charge is -2.04. The number of anilines is 1. The number of nitrogens with one attached hydrogen (secondary N) is 1. The Morgan fingerprint density at radius 1 is 1.30 bits per heavy atom. The minimum absolute atomic E-state index is 0.208. The van der Waals surface area contributed by atoms with Crippen LogP contribution in [0.15, 0.2) is 42.9 Å². The summed E-state index contributed by atoms with van der Waals surface area (Å²) in [6, 6.07) is 7.40. The molecule has 4 rings (SSSR count). The molecule has 0 aliphatic heterocycles. The lowest BCUT2D eigenvalue weighted by atomic mass is 10.1. The number of ether oxygens (including phenoxy) is 1. The molecule has 3 aromatic heterocycles. The highest BCUT2D eigenvalue weighted by Crippen LogP contribution is 2.30. The van der Waals surface area contributed by atoms with Crippen LogP contribution in [0.25, 0.3) is 33.5 Å². The van der Waals surface area contributed by atoms with Crippen LogP contribution in [-0.4, -0.2) is 42.9 Å². The molecule has 27 heavy (non-hydrogen) atoms. The minimum Gasteiger partial charge on any atom is -0.497 e. The molecule has 0 unspecified atom stereocenters. The average molecular weight is 364 g/mol. The van der Waals surface area contributed by atoms with E-state index in [4.69, 9.17) is 15.6 Å². The fourth-order valence-electron chi connectivity index (χ4n) is 2.80. The number of carbonyl (C=O) groups is 1. The highest BCUT2D eigenvalue weighted by Gasteiger charge is 2.13. The largest absolute Gasteiger partial charge is 0.497 e. The van der Waals surface area contributed by atoms with Crippen molar-refractivity contribution in [2.24, 2.45) is 0 Å². The first-order valence-electron chi connectivity index (χ1n) is 8.08. The lowest BCUT2D eigenvalue weighted by Crippen LogP contribution is -2.08. The Bertz CT molecular complexity index is 1150. The monoisotopic (exact) mass is 364 g/mol. The summed E-state index contributed by atoms with van der Waals surface area (Å²) in [6.45, 7) is -0.208. The third-order valence-corrected chi connectivity index (χ3v) is 4.13. The van der Waals surface area contributed by atoms with Gasteiger partial charge in [-0.1, -0.05) is 0 Å². The van der Waals surface area contributed by atoms with E-state index in [0.717, 1.165) is 27.9 Å². The predicted octanol–water partition coefficient (Wildman–Crippen LogP) is 2.16. The number of nitrogen functional groups attached to an aromatic ring is 1. The van der Waals surface area contributed by atoms with Gasteiger partial charge in [-0.05, 0) is 18.2 Å². The molecule has 0 bridgehead atoms. The molecule has 1 aromatic carbocycles. The number of benzene rings is 1. The van der Waals surface area contributed by atoms with Crippen LogP contribution < -0.4 is 10.5 Å². The number of nitrogens with zero attached hydrogens (tertiary/aromatic N) is 4. The van der Waals surface area contributed by atoms with E-state index in [1.165, 1.54) is 4.68 Å². The Labute approximate surface area is 153 Å². The van der Waals surface area contributed by atoms with Gasteiger partial charge < -0.3 is 20.6 Å². The van der Waals surface area contributed by atoms with Crippen LogP contribution in [-0.2, 0) is 11.3 Å². The van der Waals surface area contributed by atoms with E-state index in [0.29, 0.717) is 17.2 Å². The van der Waals surface area contributed by atoms with Crippen LogP contribution in [0.1, 0.15) is 0 Å². The quantitative estimate of drug-likeness (QED) is 0.494.